The smallest absolute Gasteiger partial charge is 0.245 e. The van der Waals surface area contributed by atoms with Gasteiger partial charge in [-0.3, -0.25) is 9.59 Å². The van der Waals surface area contributed by atoms with E-state index in [0.29, 0.717) is 17.0 Å². The number of rotatable bonds is 15. The summed E-state index contributed by atoms with van der Waals surface area (Å²) in [7, 11) is 3.97. The molecule has 4 fully saturated rings. The molecule has 4 aliphatic rings. The van der Waals surface area contributed by atoms with Crippen LogP contribution in [-0.2, 0) is 40.2 Å². The van der Waals surface area contributed by atoms with Crippen molar-refractivity contribution in [3.63, 3.8) is 0 Å². The van der Waals surface area contributed by atoms with Crippen LogP contribution < -0.4 is 27.4 Å². The van der Waals surface area contributed by atoms with E-state index in [1.165, 1.54) is 68.7 Å². The number of amides is 2. The Balaban J connectivity index is 0.000000185. The second-order valence-corrected chi connectivity index (χ2v) is 19.7. The summed E-state index contributed by atoms with van der Waals surface area (Å²) in [5.74, 6) is 1.30. The van der Waals surface area contributed by atoms with Crippen molar-refractivity contribution in [3.8, 4) is 0 Å². The van der Waals surface area contributed by atoms with Crippen molar-refractivity contribution in [3.05, 3.63) is 136 Å². The first kappa shape index (κ1) is 54.7. The van der Waals surface area contributed by atoms with Crippen molar-refractivity contribution in [1.82, 2.24) is 55.2 Å². The summed E-state index contributed by atoms with van der Waals surface area (Å²) in [5, 5.41) is 20.7. The number of hydrogen-bond donors (Lipinski definition) is 4. The van der Waals surface area contributed by atoms with Crippen molar-refractivity contribution in [2.45, 2.75) is 132 Å². The SMILES string of the molecule is CN(Cc1ccccc1)c1nccc(C[C@H](c2cn(C3(C(N)=O)CC3)nn2)C2CCCCC2)n1.CNCc1ccccc1.Cl.Clc1ccnc(Cl)n1.NC(=O)C1(n2cc([C@@H](N)C3CCCCC3)nn2)CC1. The molecule has 17 nitrogen and oxygen atoms in total. The molecule has 380 valence electrons. The molecule has 0 aliphatic heterocycles. The van der Waals surface area contributed by atoms with Crippen LogP contribution >= 0.6 is 35.6 Å². The summed E-state index contributed by atoms with van der Waals surface area (Å²) in [5.41, 5.74) is 21.4. The molecule has 4 aliphatic carbocycles. The highest BCUT2D eigenvalue weighted by molar-refractivity contribution is 6.31. The van der Waals surface area contributed by atoms with Gasteiger partial charge in [0.25, 0.3) is 0 Å². The minimum Gasteiger partial charge on any atom is -0.368 e. The molecule has 0 bridgehead atoms. The Kier molecular flexibility index (Phi) is 20.2. The predicted octanol–water partition coefficient (Wildman–Crippen LogP) is 8.03. The number of carbonyl (C=O) groups is 2. The van der Waals surface area contributed by atoms with Crippen LogP contribution in [0.2, 0.25) is 10.4 Å². The van der Waals surface area contributed by atoms with E-state index in [0.717, 1.165) is 81.1 Å². The molecule has 2 aromatic carbocycles. The van der Waals surface area contributed by atoms with Gasteiger partial charge in [0.1, 0.15) is 16.2 Å². The summed E-state index contributed by atoms with van der Waals surface area (Å²) in [4.78, 5) is 42.2. The van der Waals surface area contributed by atoms with Crippen LogP contribution in [0.5, 0.6) is 0 Å². The topological polar surface area (TPSA) is 240 Å². The van der Waals surface area contributed by atoms with E-state index < -0.39 is 11.1 Å². The Morgan fingerprint density at radius 3 is 1.75 bits per heavy atom. The predicted molar refractivity (Wildman–Crippen MR) is 278 cm³/mol. The normalized spacial score (nSPS) is 17.5. The Morgan fingerprint density at radius 1 is 0.718 bits per heavy atom. The maximum Gasteiger partial charge on any atom is 0.245 e. The molecule has 4 aromatic heterocycles. The number of hydrogen-bond acceptors (Lipinski definition) is 13. The minimum atomic E-state index is -0.676. The third kappa shape index (κ3) is 15.0. The van der Waals surface area contributed by atoms with Crippen molar-refractivity contribution in [2.75, 3.05) is 19.0 Å². The molecule has 2 amide bonds. The van der Waals surface area contributed by atoms with Crippen LogP contribution in [0, 0.1) is 11.8 Å². The van der Waals surface area contributed by atoms with Gasteiger partial charge >= 0.3 is 0 Å². The Bertz CT molecular complexity index is 2550. The van der Waals surface area contributed by atoms with Gasteiger partial charge in [0, 0.05) is 50.3 Å². The first-order valence-corrected chi connectivity index (χ1v) is 25.3. The van der Waals surface area contributed by atoms with E-state index in [4.69, 9.17) is 45.4 Å². The summed E-state index contributed by atoms with van der Waals surface area (Å²) >= 11 is 10.7. The minimum absolute atomic E-state index is 0. The Morgan fingerprint density at radius 2 is 1.24 bits per heavy atom. The van der Waals surface area contributed by atoms with Gasteiger partial charge in [-0.15, -0.1) is 22.6 Å². The fourth-order valence-corrected chi connectivity index (χ4v) is 9.77. The van der Waals surface area contributed by atoms with Crippen molar-refractivity contribution in [2.24, 2.45) is 29.0 Å². The molecule has 0 saturated heterocycles. The van der Waals surface area contributed by atoms with Gasteiger partial charge in [-0.05, 0) is 112 Å². The molecule has 6 aromatic rings. The first-order chi connectivity index (χ1) is 33.9. The molecule has 4 saturated carbocycles. The number of primary amides is 2. The number of benzene rings is 2. The lowest BCUT2D eigenvalue weighted by Gasteiger charge is -2.29. The molecule has 71 heavy (non-hydrogen) atoms. The molecule has 20 heteroatoms. The lowest BCUT2D eigenvalue weighted by atomic mass is 9.76. The first-order valence-electron chi connectivity index (χ1n) is 24.5. The average Bonchev–Trinajstić information content (AvgIpc) is 4.27. The van der Waals surface area contributed by atoms with Crippen LogP contribution in [0.4, 0.5) is 5.95 Å². The molecular weight excluding hydrogens is 961 g/mol. The molecule has 7 N–H and O–H groups in total. The van der Waals surface area contributed by atoms with Crippen LogP contribution in [0.25, 0.3) is 0 Å². The van der Waals surface area contributed by atoms with Gasteiger partial charge < -0.3 is 27.4 Å². The second kappa shape index (κ2) is 26.2. The van der Waals surface area contributed by atoms with Gasteiger partial charge in [-0.1, -0.05) is 121 Å². The molecule has 4 heterocycles. The fourth-order valence-electron chi connectivity index (χ4n) is 9.44. The number of nitrogens with zero attached hydrogens (tertiary/aromatic N) is 11. The molecule has 0 unspecified atom stereocenters. The zero-order valence-corrected chi connectivity index (χ0v) is 43.0. The lowest BCUT2D eigenvalue weighted by Crippen LogP contribution is -2.34. The van der Waals surface area contributed by atoms with Crippen molar-refractivity contribution < 1.29 is 9.59 Å². The standard InChI is InChI=1S/C26H33N7O.C13H21N5O.C8H11N.C4H2Cl2N2.ClH/c1-32(17-19-8-4-2-5-9-19)25-28-15-12-21(29-25)16-22(20-10-6-3-7-11-20)23-18-33(31-30-23)26(13-14-26)24(27)34;14-11(9-4-2-1-3-5-9)10-8-18(17-16-10)13(6-7-13)12(15)19;1-9-7-8-5-3-2-4-6-8;5-3-1-2-7-4(6)8-3;/h2,4-5,8-9,12,15,18,20,22H,3,6-7,10-11,13-14,16-17H2,1H3,(H2,27,34);8-9,11H,1-7,14H2,(H2,15,19);2-6,9H,7H2,1H3;1-2H;1H/t22-;11-;;;/m00.../s1. The number of carbonyl (C=O) groups excluding carboxylic acids is 2. The Hall–Kier alpha value is -5.59. The van der Waals surface area contributed by atoms with Crippen LogP contribution in [0.1, 0.15) is 130 Å². The van der Waals surface area contributed by atoms with Crippen molar-refractivity contribution in [1.29, 1.82) is 0 Å². The summed E-state index contributed by atoms with van der Waals surface area (Å²) in [6, 6.07) is 24.2. The van der Waals surface area contributed by atoms with Crippen LogP contribution in [-0.4, -0.2) is 75.8 Å². The average molecular weight is 1030 g/mol. The monoisotopic (exact) mass is 1030 g/mol. The highest BCUT2D eigenvalue weighted by atomic mass is 35.5. The van der Waals surface area contributed by atoms with Crippen LogP contribution in [0.3, 0.4) is 0 Å². The van der Waals surface area contributed by atoms with Crippen LogP contribution in [0.15, 0.2) is 97.6 Å². The van der Waals surface area contributed by atoms with Gasteiger partial charge in [0.2, 0.25) is 23.0 Å². The largest absolute Gasteiger partial charge is 0.368 e. The maximum absolute atomic E-state index is 12.0. The third-order valence-corrected chi connectivity index (χ3v) is 14.3. The number of nitrogens with two attached hydrogens (primary N) is 3. The van der Waals surface area contributed by atoms with Gasteiger partial charge in [-0.25, -0.2) is 29.3 Å². The molecule has 2 atom stereocenters. The van der Waals surface area contributed by atoms with E-state index in [1.54, 1.807) is 15.4 Å². The highest BCUT2D eigenvalue weighted by Gasteiger charge is 2.53. The van der Waals surface area contributed by atoms with E-state index in [2.05, 4.69) is 70.1 Å². The van der Waals surface area contributed by atoms with Crippen molar-refractivity contribution >= 4 is 53.4 Å². The van der Waals surface area contributed by atoms with E-state index in [9.17, 15) is 9.59 Å². The van der Waals surface area contributed by atoms with Gasteiger partial charge in [0.15, 0.2) is 0 Å². The quantitative estimate of drug-likeness (QED) is 0.0563. The zero-order chi connectivity index (χ0) is 49.5. The number of nitrogens with one attached hydrogen (secondary N) is 1. The van der Waals surface area contributed by atoms with E-state index >= 15 is 0 Å². The molecule has 10 rings (SSSR count). The second-order valence-electron chi connectivity index (χ2n) is 19.0. The Labute approximate surface area is 432 Å². The van der Waals surface area contributed by atoms with E-state index in [-0.39, 0.29) is 41.5 Å². The van der Waals surface area contributed by atoms with Gasteiger partial charge in [0.05, 0.1) is 23.6 Å². The number of anilines is 1. The fraction of sp³-hybridized carbons (Fsp3) is 0.490. The third-order valence-electron chi connectivity index (χ3n) is 13.9. The number of halogens is 3. The summed E-state index contributed by atoms with van der Waals surface area (Å²) < 4.78 is 3.33. The summed E-state index contributed by atoms with van der Waals surface area (Å²) in [6.45, 7) is 1.71. The molecular formula is C51H68Cl3N15O2. The highest BCUT2D eigenvalue weighted by Crippen LogP contribution is 2.45. The maximum atomic E-state index is 12.0. The summed E-state index contributed by atoms with van der Waals surface area (Å²) in [6.07, 6.45) is 23.2. The zero-order valence-electron chi connectivity index (χ0n) is 40.7. The molecule has 0 spiro atoms. The molecule has 0 radical (unpaired) electrons. The van der Waals surface area contributed by atoms with Gasteiger partial charge in [-0.2, -0.15) is 0 Å². The van der Waals surface area contributed by atoms with E-state index in [1.807, 2.05) is 75.2 Å². The number of aromatic nitrogens is 10. The lowest BCUT2D eigenvalue weighted by molar-refractivity contribution is -0.123.